The molecule has 1 heterocycles. The minimum Gasteiger partial charge on any atom is -0.395 e. The Bertz CT molecular complexity index is 847. The monoisotopic (exact) mass is 320 g/mol. The first-order valence-corrected chi connectivity index (χ1v) is 8.10. The Morgan fingerprint density at radius 1 is 1.12 bits per heavy atom. The number of aliphatic hydroxyl groups excluding tert-OH is 1. The number of amides is 1. The van der Waals surface area contributed by atoms with Gasteiger partial charge in [0.1, 0.15) is 0 Å². The summed E-state index contributed by atoms with van der Waals surface area (Å²) in [6, 6.07) is 17.2. The Kier molecular flexibility index (Phi) is 4.87. The van der Waals surface area contributed by atoms with Gasteiger partial charge in [0.15, 0.2) is 0 Å². The molecule has 0 aliphatic rings. The fraction of sp³-hybridized carbons (Fsp3) is 0.200. The molecule has 4 nitrogen and oxygen atoms in total. The number of carbonyl (C=O) groups is 1. The molecular formula is C20H20N2O2. The van der Waals surface area contributed by atoms with Gasteiger partial charge < -0.3 is 10.0 Å². The van der Waals surface area contributed by atoms with Crippen LogP contribution in [-0.2, 0) is 6.42 Å². The highest BCUT2D eigenvalue weighted by atomic mass is 16.3. The maximum Gasteiger partial charge on any atom is 0.260 e. The van der Waals surface area contributed by atoms with Gasteiger partial charge in [-0.25, -0.2) is 0 Å². The predicted octanol–water partition coefficient (Wildman–Crippen LogP) is 3.44. The van der Waals surface area contributed by atoms with Crippen molar-refractivity contribution in [1.29, 1.82) is 0 Å². The summed E-state index contributed by atoms with van der Waals surface area (Å²) in [6.07, 6.45) is 2.54. The topological polar surface area (TPSA) is 53.4 Å². The van der Waals surface area contributed by atoms with Gasteiger partial charge in [-0.15, -0.1) is 0 Å². The molecule has 0 aliphatic carbocycles. The van der Waals surface area contributed by atoms with Crippen LogP contribution in [0.5, 0.6) is 0 Å². The van der Waals surface area contributed by atoms with Crippen LogP contribution >= 0.6 is 0 Å². The van der Waals surface area contributed by atoms with Crippen molar-refractivity contribution in [1.82, 2.24) is 4.98 Å². The van der Waals surface area contributed by atoms with Crippen molar-refractivity contribution < 1.29 is 9.90 Å². The predicted molar refractivity (Wildman–Crippen MR) is 96.3 cm³/mol. The van der Waals surface area contributed by atoms with Gasteiger partial charge in [0.25, 0.3) is 5.91 Å². The van der Waals surface area contributed by atoms with Gasteiger partial charge >= 0.3 is 0 Å². The molecule has 0 fully saturated rings. The number of pyridine rings is 1. The van der Waals surface area contributed by atoms with Gasteiger partial charge in [-0.3, -0.25) is 9.78 Å². The lowest BCUT2D eigenvalue weighted by atomic mass is 10.0. The number of aryl methyl sites for hydroxylation is 1. The molecule has 24 heavy (non-hydrogen) atoms. The average molecular weight is 320 g/mol. The van der Waals surface area contributed by atoms with Crippen LogP contribution in [-0.4, -0.2) is 29.1 Å². The number of benzene rings is 2. The molecule has 0 unspecified atom stereocenters. The molecule has 122 valence electrons. The highest BCUT2D eigenvalue weighted by Crippen LogP contribution is 2.23. The maximum absolute atomic E-state index is 13.2. The van der Waals surface area contributed by atoms with Crippen molar-refractivity contribution in [2.45, 2.75) is 13.3 Å². The lowest BCUT2D eigenvalue weighted by Gasteiger charge is -2.23. The van der Waals surface area contributed by atoms with Crippen LogP contribution in [0.1, 0.15) is 22.8 Å². The quantitative estimate of drug-likeness (QED) is 0.783. The zero-order chi connectivity index (χ0) is 16.9. The number of hydrogen-bond acceptors (Lipinski definition) is 3. The van der Waals surface area contributed by atoms with Crippen LogP contribution < -0.4 is 4.90 Å². The van der Waals surface area contributed by atoms with Crippen LogP contribution in [0.15, 0.2) is 60.8 Å². The molecule has 0 bridgehead atoms. The third-order valence-electron chi connectivity index (χ3n) is 4.04. The smallest absolute Gasteiger partial charge is 0.260 e. The molecule has 3 rings (SSSR count). The molecule has 0 atom stereocenters. The minimum absolute atomic E-state index is 0.0978. The van der Waals surface area contributed by atoms with Gasteiger partial charge in [0, 0.05) is 23.8 Å². The number of carbonyl (C=O) groups excluding carboxylic acids is 1. The third-order valence-corrected chi connectivity index (χ3v) is 4.04. The number of anilines is 1. The molecule has 1 N–H and O–H groups in total. The van der Waals surface area contributed by atoms with E-state index in [2.05, 4.69) is 18.0 Å². The maximum atomic E-state index is 13.2. The van der Waals surface area contributed by atoms with Crippen molar-refractivity contribution in [2.24, 2.45) is 0 Å². The highest BCUT2D eigenvalue weighted by Gasteiger charge is 2.20. The van der Waals surface area contributed by atoms with Gasteiger partial charge in [0.05, 0.1) is 17.7 Å². The number of aromatic nitrogens is 1. The fourth-order valence-corrected chi connectivity index (χ4v) is 2.82. The summed E-state index contributed by atoms with van der Waals surface area (Å²) in [5.74, 6) is -0.144. The summed E-state index contributed by atoms with van der Waals surface area (Å²) in [7, 11) is 0. The van der Waals surface area contributed by atoms with Crippen molar-refractivity contribution in [3.8, 4) is 0 Å². The van der Waals surface area contributed by atoms with E-state index in [-0.39, 0.29) is 19.1 Å². The van der Waals surface area contributed by atoms with Crippen LogP contribution in [0.4, 0.5) is 5.69 Å². The van der Waals surface area contributed by atoms with E-state index in [0.717, 1.165) is 23.1 Å². The van der Waals surface area contributed by atoms with E-state index < -0.39 is 0 Å². The zero-order valence-corrected chi connectivity index (χ0v) is 13.6. The van der Waals surface area contributed by atoms with Gasteiger partial charge in [-0.1, -0.05) is 31.2 Å². The lowest BCUT2D eigenvalue weighted by Crippen LogP contribution is -2.33. The zero-order valence-electron chi connectivity index (χ0n) is 13.6. The molecule has 1 amide bonds. The Morgan fingerprint density at radius 2 is 1.92 bits per heavy atom. The summed E-state index contributed by atoms with van der Waals surface area (Å²) < 4.78 is 0. The average Bonchev–Trinajstić information content (AvgIpc) is 2.65. The first kappa shape index (κ1) is 16.1. The standard InChI is InChI=1S/C20H20N2O2/c1-2-15-13-16-7-6-10-21-19(16)18(14-15)20(24)22(11-12-23)17-8-4-3-5-9-17/h3-10,13-14,23H,2,11-12H2,1H3. The molecule has 2 aromatic carbocycles. The Morgan fingerprint density at radius 3 is 2.62 bits per heavy atom. The Balaban J connectivity index is 2.12. The summed E-state index contributed by atoms with van der Waals surface area (Å²) in [4.78, 5) is 19.2. The van der Waals surface area contributed by atoms with Crippen molar-refractivity contribution in [2.75, 3.05) is 18.1 Å². The van der Waals surface area contributed by atoms with E-state index >= 15 is 0 Å². The second-order valence-electron chi connectivity index (χ2n) is 5.59. The molecule has 0 saturated heterocycles. The summed E-state index contributed by atoms with van der Waals surface area (Å²) in [6.45, 7) is 2.21. The van der Waals surface area contributed by atoms with Gasteiger partial charge in [0.2, 0.25) is 0 Å². The van der Waals surface area contributed by atoms with E-state index in [9.17, 15) is 9.90 Å². The van der Waals surface area contributed by atoms with Crippen LogP contribution in [0.3, 0.4) is 0 Å². The first-order valence-electron chi connectivity index (χ1n) is 8.10. The first-order chi connectivity index (χ1) is 11.7. The third kappa shape index (κ3) is 3.14. The van der Waals surface area contributed by atoms with Crippen LogP contribution in [0.25, 0.3) is 10.9 Å². The molecule has 0 saturated carbocycles. The van der Waals surface area contributed by atoms with Crippen LogP contribution in [0, 0.1) is 0 Å². The highest BCUT2D eigenvalue weighted by molar-refractivity contribution is 6.13. The van der Waals surface area contributed by atoms with E-state index in [4.69, 9.17) is 0 Å². The summed E-state index contributed by atoms with van der Waals surface area (Å²) >= 11 is 0. The van der Waals surface area contributed by atoms with Gasteiger partial charge in [-0.05, 0) is 42.3 Å². The Hall–Kier alpha value is -2.72. The van der Waals surface area contributed by atoms with Crippen molar-refractivity contribution >= 4 is 22.5 Å². The van der Waals surface area contributed by atoms with E-state index in [1.807, 2.05) is 48.5 Å². The van der Waals surface area contributed by atoms with Crippen LogP contribution in [0.2, 0.25) is 0 Å². The van der Waals surface area contributed by atoms with Crippen molar-refractivity contribution in [3.05, 3.63) is 71.9 Å². The molecule has 0 radical (unpaired) electrons. The lowest BCUT2D eigenvalue weighted by molar-refractivity contribution is 0.0982. The van der Waals surface area contributed by atoms with E-state index in [1.165, 1.54) is 0 Å². The number of hydrogen-bond donors (Lipinski definition) is 1. The second-order valence-corrected chi connectivity index (χ2v) is 5.59. The van der Waals surface area contributed by atoms with Gasteiger partial charge in [-0.2, -0.15) is 0 Å². The fourth-order valence-electron chi connectivity index (χ4n) is 2.82. The molecule has 0 aliphatic heterocycles. The minimum atomic E-state index is -0.144. The summed E-state index contributed by atoms with van der Waals surface area (Å²) in [5, 5.41) is 10.4. The molecular weight excluding hydrogens is 300 g/mol. The van der Waals surface area contributed by atoms with E-state index in [1.54, 1.807) is 11.1 Å². The molecule has 1 aromatic heterocycles. The van der Waals surface area contributed by atoms with Crippen molar-refractivity contribution in [3.63, 3.8) is 0 Å². The number of nitrogens with zero attached hydrogens (tertiary/aromatic N) is 2. The normalized spacial score (nSPS) is 10.8. The SMILES string of the molecule is CCc1cc(C(=O)N(CCO)c2ccccc2)c2ncccc2c1. The number of rotatable bonds is 5. The number of para-hydroxylation sites is 1. The molecule has 3 aromatic rings. The number of aliphatic hydroxyl groups is 1. The molecule has 0 spiro atoms. The largest absolute Gasteiger partial charge is 0.395 e. The summed E-state index contributed by atoms with van der Waals surface area (Å²) in [5.41, 5.74) is 3.12. The van der Waals surface area contributed by atoms with E-state index in [0.29, 0.717) is 11.1 Å². The molecule has 4 heteroatoms. The Labute approximate surface area is 141 Å². The number of fused-ring (bicyclic) bond motifs is 1. The second kappa shape index (κ2) is 7.23.